The molecule has 1 amide bonds. The third-order valence-electron chi connectivity index (χ3n) is 3.99. The fourth-order valence-corrected chi connectivity index (χ4v) is 2.87. The van der Waals surface area contributed by atoms with Crippen LogP contribution in [-0.2, 0) is 11.0 Å². The van der Waals surface area contributed by atoms with E-state index in [2.05, 4.69) is 15.6 Å². The van der Waals surface area contributed by atoms with Gasteiger partial charge in [0.15, 0.2) is 0 Å². The maximum absolute atomic E-state index is 12.5. The topological polar surface area (TPSA) is 63.2 Å². The molecule has 2 atom stereocenters. The lowest BCUT2D eigenvalue weighted by atomic mass is 9.92. The molecule has 148 valence electrons. The van der Waals surface area contributed by atoms with Gasteiger partial charge in [-0.3, -0.25) is 4.79 Å². The zero-order valence-electron chi connectivity index (χ0n) is 14.2. The van der Waals surface area contributed by atoms with Crippen molar-refractivity contribution in [2.75, 3.05) is 19.7 Å². The van der Waals surface area contributed by atoms with Crippen LogP contribution in [0.4, 0.5) is 13.2 Å². The molecule has 5 nitrogen and oxygen atoms in total. The van der Waals surface area contributed by atoms with Crippen LogP contribution in [0.3, 0.4) is 0 Å². The van der Waals surface area contributed by atoms with Gasteiger partial charge in [-0.2, -0.15) is 13.2 Å². The van der Waals surface area contributed by atoms with Crippen LogP contribution in [0.25, 0.3) is 0 Å². The van der Waals surface area contributed by atoms with Crippen molar-refractivity contribution in [3.05, 3.63) is 22.8 Å². The van der Waals surface area contributed by atoms with Crippen LogP contribution in [-0.4, -0.2) is 36.6 Å². The lowest BCUT2D eigenvalue weighted by Gasteiger charge is -2.27. The Labute approximate surface area is 161 Å². The van der Waals surface area contributed by atoms with Gasteiger partial charge < -0.3 is 15.4 Å². The Morgan fingerprint density at radius 3 is 2.85 bits per heavy atom. The summed E-state index contributed by atoms with van der Waals surface area (Å²) in [6.45, 7) is 3.50. The molecule has 26 heavy (non-hydrogen) atoms. The van der Waals surface area contributed by atoms with E-state index in [-0.39, 0.29) is 41.7 Å². The summed E-state index contributed by atoms with van der Waals surface area (Å²) in [5.74, 6) is -0.00426. The minimum atomic E-state index is -4.49. The number of nitrogens with zero attached hydrogens (tertiary/aromatic N) is 1. The zero-order valence-corrected chi connectivity index (χ0v) is 15.8. The molecule has 0 aromatic carbocycles. The van der Waals surface area contributed by atoms with Gasteiger partial charge in [0.25, 0.3) is 0 Å². The Balaban J connectivity index is 0.00000338. The molecule has 2 heterocycles. The number of carbonyl (C=O) groups excluding carboxylic acids is 1. The number of piperidine rings is 1. The Kier molecular flexibility index (Phi) is 8.92. The number of ether oxygens (including phenoxy) is 1. The predicted octanol–water partition coefficient (Wildman–Crippen LogP) is 3.45. The van der Waals surface area contributed by atoms with Crippen molar-refractivity contribution in [3.8, 4) is 5.88 Å². The lowest BCUT2D eigenvalue weighted by Crippen LogP contribution is -2.42. The second-order valence-corrected chi connectivity index (χ2v) is 6.49. The summed E-state index contributed by atoms with van der Waals surface area (Å²) in [5, 5.41) is 5.95. The first kappa shape index (κ1) is 22.8. The fraction of sp³-hybridized carbons (Fsp3) is 0.625. The largest absolute Gasteiger partial charge is 0.477 e. The molecule has 1 aliphatic rings. The van der Waals surface area contributed by atoms with E-state index in [9.17, 15) is 18.0 Å². The molecule has 1 aromatic heterocycles. The highest BCUT2D eigenvalue weighted by Gasteiger charge is 2.31. The summed E-state index contributed by atoms with van der Waals surface area (Å²) < 4.78 is 42.8. The quantitative estimate of drug-likeness (QED) is 0.698. The highest BCUT2D eigenvalue weighted by Crippen LogP contribution is 2.33. The summed E-state index contributed by atoms with van der Waals surface area (Å²) in [4.78, 5) is 15.6. The van der Waals surface area contributed by atoms with Gasteiger partial charge in [-0.15, -0.1) is 12.4 Å². The Morgan fingerprint density at radius 1 is 1.50 bits per heavy atom. The van der Waals surface area contributed by atoms with E-state index in [1.165, 1.54) is 0 Å². The highest BCUT2D eigenvalue weighted by atomic mass is 35.5. The van der Waals surface area contributed by atoms with Gasteiger partial charge in [0, 0.05) is 24.7 Å². The summed E-state index contributed by atoms with van der Waals surface area (Å²) in [5.41, 5.74) is -0.923. The van der Waals surface area contributed by atoms with Crippen LogP contribution in [0, 0.1) is 5.92 Å². The normalized spacial score (nSPS) is 20.2. The van der Waals surface area contributed by atoms with Crippen molar-refractivity contribution in [1.29, 1.82) is 0 Å². The molecule has 0 spiro atoms. The van der Waals surface area contributed by atoms with Crippen LogP contribution < -0.4 is 15.4 Å². The van der Waals surface area contributed by atoms with Crippen LogP contribution in [0.15, 0.2) is 12.3 Å². The Bertz CT molecular complexity index is 603. The minimum absolute atomic E-state index is 0. The smallest absolute Gasteiger partial charge is 0.417 e. The molecule has 1 fully saturated rings. The zero-order chi connectivity index (χ0) is 18.4. The number of halogens is 5. The molecule has 0 radical (unpaired) electrons. The Hall–Kier alpha value is -1.25. The molecular weight excluding hydrogens is 394 g/mol. The lowest BCUT2D eigenvalue weighted by molar-refractivity contribution is -0.137. The van der Waals surface area contributed by atoms with Crippen LogP contribution in [0.2, 0.25) is 5.02 Å². The number of hydrogen-bond acceptors (Lipinski definition) is 4. The van der Waals surface area contributed by atoms with Gasteiger partial charge in [-0.25, -0.2) is 4.98 Å². The van der Waals surface area contributed by atoms with Crippen LogP contribution in [0.1, 0.15) is 31.7 Å². The van der Waals surface area contributed by atoms with Gasteiger partial charge in [0.1, 0.15) is 5.02 Å². The number of carbonyl (C=O) groups is 1. The van der Waals surface area contributed by atoms with Crippen LogP contribution >= 0.6 is 24.0 Å². The average molecular weight is 416 g/mol. The summed E-state index contributed by atoms with van der Waals surface area (Å²) >= 11 is 5.75. The number of nitrogens with one attached hydrogen (secondary N) is 2. The molecule has 0 unspecified atom stereocenters. The van der Waals surface area contributed by atoms with Crippen molar-refractivity contribution in [3.63, 3.8) is 0 Å². The third-order valence-corrected chi connectivity index (χ3v) is 4.26. The van der Waals surface area contributed by atoms with Crippen molar-refractivity contribution in [2.45, 2.75) is 38.4 Å². The third kappa shape index (κ3) is 6.81. The SMILES string of the molecule is C[C@H]1C[C@@H](C(=O)NCCCOc2ncc(C(F)(F)F)cc2Cl)CCN1.Cl. The van der Waals surface area contributed by atoms with E-state index >= 15 is 0 Å². The van der Waals surface area contributed by atoms with Gasteiger partial charge in [0.05, 0.1) is 12.2 Å². The number of hydrogen-bond donors (Lipinski definition) is 2. The molecule has 2 rings (SSSR count). The van der Waals surface area contributed by atoms with Gasteiger partial charge in [0.2, 0.25) is 11.8 Å². The second-order valence-electron chi connectivity index (χ2n) is 6.08. The van der Waals surface area contributed by atoms with Crippen molar-refractivity contribution in [1.82, 2.24) is 15.6 Å². The molecule has 0 aliphatic carbocycles. The molecule has 1 saturated heterocycles. The van der Waals surface area contributed by atoms with E-state index in [0.717, 1.165) is 25.5 Å². The first-order chi connectivity index (χ1) is 11.8. The van der Waals surface area contributed by atoms with E-state index in [4.69, 9.17) is 16.3 Å². The van der Waals surface area contributed by atoms with E-state index in [0.29, 0.717) is 25.2 Å². The van der Waals surface area contributed by atoms with E-state index in [1.807, 2.05) is 6.92 Å². The Morgan fingerprint density at radius 2 is 2.23 bits per heavy atom. The number of aromatic nitrogens is 1. The number of rotatable bonds is 6. The molecule has 1 aliphatic heterocycles. The maximum Gasteiger partial charge on any atom is 0.417 e. The summed E-state index contributed by atoms with van der Waals surface area (Å²) in [7, 11) is 0. The number of amides is 1. The molecule has 10 heteroatoms. The molecule has 0 bridgehead atoms. The van der Waals surface area contributed by atoms with Crippen LogP contribution in [0.5, 0.6) is 5.88 Å². The van der Waals surface area contributed by atoms with Crippen molar-refractivity contribution < 1.29 is 22.7 Å². The number of alkyl halides is 3. The molecule has 0 saturated carbocycles. The highest BCUT2D eigenvalue weighted by molar-refractivity contribution is 6.31. The van der Waals surface area contributed by atoms with Gasteiger partial charge in [-0.1, -0.05) is 11.6 Å². The first-order valence-corrected chi connectivity index (χ1v) is 8.52. The van der Waals surface area contributed by atoms with E-state index in [1.54, 1.807) is 0 Å². The molecular formula is C16H22Cl2F3N3O2. The maximum atomic E-state index is 12.5. The van der Waals surface area contributed by atoms with E-state index < -0.39 is 11.7 Å². The minimum Gasteiger partial charge on any atom is -0.477 e. The second kappa shape index (κ2) is 10.2. The van der Waals surface area contributed by atoms with Crippen molar-refractivity contribution in [2.24, 2.45) is 5.92 Å². The molecule has 2 N–H and O–H groups in total. The summed E-state index contributed by atoms with van der Waals surface area (Å²) in [6, 6.07) is 1.12. The van der Waals surface area contributed by atoms with Gasteiger partial charge >= 0.3 is 6.18 Å². The standard InChI is InChI=1S/C16H21ClF3N3O2.ClH/c1-10-7-11(3-5-21-10)14(24)22-4-2-6-25-15-13(17)8-12(9-23-15)16(18,19)20;/h8-11,21H,2-7H2,1H3,(H,22,24);1H/t10-,11-;/m0./s1. The predicted molar refractivity (Wildman–Crippen MR) is 94.8 cm³/mol. The fourth-order valence-electron chi connectivity index (χ4n) is 2.65. The summed E-state index contributed by atoms with van der Waals surface area (Å²) in [6.07, 6.45) is -1.68. The first-order valence-electron chi connectivity index (χ1n) is 8.14. The van der Waals surface area contributed by atoms with Gasteiger partial charge in [-0.05, 0) is 38.8 Å². The molecule has 1 aromatic rings. The monoisotopic (exact) mass is 415 g/mol. The van der Waals surface area contributed by atoms with Crippen molar-refractivity contribution >= 4 is 29.9 Å². The number of pyridine rings is 1. The average Bonchev–Trinajstić information content (AvgIpc) is 2.54.